The molecule has 3 aromatic rings. The Hall–Kier alpha value is -4.31. The van der Waals surface area contributed by atoms with Crippen molar-refractivity contribution in [3.05, 3.63) is 77.9 Å². The topological polar surface area (TPSA) is 92.4 Å². The Morgan fingerprint density at radius 1 is 0.829 bits per heavy atom. The number of rotatable bonds is 10. The molecule has 1 aliphatic rings. The van der Waals surface area contributed by atoms with E-state index in [0.29, 0.717) is 55.4 Å². The molecule has 0 atom stereocenters. The normalized spacial score (nSPS) is 12.9. The van der Waals surface area contributed by atoms with Gasteiger partial charge in [0.05, 0.1) is 20.8 Å². The lowest BCUT2D eigenvalue weighted by Gasteiger charge is -2.36. The molecular weight excluding hydrogens is 540 g/mol. The van der Waals surface area contributed by atoms with Gasteiger partial charge >= 0.3 is 0 Å². The summed E-state index contributed by atoms with van der Waals surface area (Å²) in [5.41, 5.74) is 2.85. The van der Waals surface area contributed by atoms with Crippen LogP contribution >= 0.6 is 12.2 Å². The van der Waals surface area contributed by atoms with Gasteiger partial charge in [-0.1, -0.05) is 13.3 Å². The summed E-state index contributed by atoms with van der Waals surface area (Å²) in [5.74, 6) is 1.57. The highest BCUT2D eigenvalue weighted by atomic mass is 32.1. The standard InChI is InChI=1S/C31H36N4O5S/c1-4-5-18-40-26-12-6-22(7-13-26)29(36)33-31(41)32-24-8-10-25(11-9-24)34-14-16-35(17-15-34)30(37)23-19-27(38-2)21-28(20-23)39-3/h6-13,19-21H,4-5,14-18H2,1-3H3,(H2,32,33,36,41). The lowest BCUT2D eigenvalue weighted by Crippen LogP contribution is -2.48. The third-order valence-corrected chi connectivity index (χ3v) is 6.97. The van der Waals surface area contributed by atoms with Crippen LogP contribution in [-0.2, 0) is 0 Å². The van der Waals surface area contributed by atoms with Crippen LogP contribution in [0.15, 0.2) is 66.7 Å². The zero-order valence-electron chi connectivity index (χ0n) is 23.6. The number of nitrogens with zero attached hydrogens (tertiary/aromatic N) is 2. The minimum Gasteiger partial charge on any atom is -0.497 e. The van der Waals surface area contributed by atoms with E-state index in [1.807, 2.05) is 29.2 Å². The maximum Gasteiger partial charge on any atom is 0.257 e. The van der Waals surface area contributed by atoms with Crippen molar-refractivity contribution in [3.63, 3.8) is 0 Å². The molecule has 9 nitrogen and oxygen atoms in total. The van der Waals surface area contributed by atoms with Crippen molar-refractivity contribution in [3.8, 4) is 17.2 Å². The molecule has 216 valence electrons. The molecule has 1 aliphatic heterocycles. The molecule has 2 amide bonds. The number of amides is 2. The summed E-state index contributed by atoms with van der Waals surface area (Å²) in [5, 5.41) is 5.99. The van der Waals surface area contributed by atoms with E-state index < -0.39 is 0 Å². The van der Waals surface area contributed by atoms with Gasteiger partial charge in [-0.3, -0.25) is 14.9 Å². The molecule has 3 aromatic carbocycles. The van der Waals surface area contributed by atoms with Crippen molar-refractivity contribution in [2.75, 3.05) is 57.2 Å². The van der Waals surface area contributed by atoms with Gasteiger partial charge in [0.25, 0.3) is 11.8 Å². The second-order valence-electron chi connectivity index (χ2n) is 9.56. The van der Waals surface area contributed by atoms with E-state index in [-0.39, 0.29) is 16.9 Å². The summed E-state index contributed by atoms with van der Waals surface area (Å²) in [7, 11) is 3.13. The number of anilines is 2. The van der Waals surface area contributed by atoms with Crippen LogP contribution in [0, 0.1) is 0 Å². The number of hydrogen-bond acceptors (Lipinski definition) is 7. The van der Waals surface area contributed by atoms with Gasteiger partial charge in [0, 0.05) is 54.7 Å². The predicted octanol–water partition coefficient (Wildman–Crippen LogP) is 4.97. The summed E-state index contributed by atoms with van der Waals surface area (Å²) < 4.78 is 16.3. The third kappa shape index (κ3) is 8.11. The lowest BCUT2D eigenvalue weighted by molar-refractivity contribution is 0.0745. The summed E-state index contributed by atoms with van der Waals surface area (Å²) in [6.45, 7) is 5.37. The van der Waals surface area contributed by atoms with E-state index in [2.05, 4.69) is 22.5 Å². The first-order valence-corrected chi connectivity index (χ1v) is 14.0. The van der Waals surface area contributed by atoms with Gasteiger partial charge < -0.3 is 29.3 Å². The van der Waals surface area contributed by atoms with Crippen LogP contribution < -0.4 is 29.7 Å². The fraction of sp³-hybridized carbons (Fsp3) is 0.323. The molecule has 4 rings (SSSR count). The molecule has 1 heterocycles. The highest BCUT2D eigenvalue weighted by molar-refractivity contribution is 7.80. The van der Waals surface area contributed by atoms with E-state index in [1.165, 1.54) is 0 Å². The zero-order valence-corrected chi connectivity index (χ0v) is 24.5. The molecule has 0 aliphatic carbocycles. The largest absolute Gasteiger partial charge is 0.497 e. The monoisotopic (exact) mass is 576 g/mol. The van der Waals surface area contributed by atoms with Crippen molar-refractivity contribution < 1.29 is 23.8 Å². The predicted molar refractivity (Wildman–Crippen MR) is 165 cm³/mol. The zero-order chi connectivity index (χ0) is 29.2. The number of thiocarbonyl (C=S) groups is 1. The number of benzene rings is 3. The summed E-state index contributed by atoms with van der Waals surface area (Å²) in [6.07, 6.45) is 2.05. The summed E-state index contributed by atoms with van der Waals surface area (Å²) >= 11 is 5.34. The Bertz CT molecular complexity index is 1320. The average Bonchev–Trinajstić information content (AvgIpc) is 3.01. The molecule has 0 aromatic heterocycles. The van der Waals surface area contributed by atoms with Crippen molar-refractivity contribution >= 4 is 40.5 Å². The van der Waals surface area contributed by atoms with Crippen LogP contribution in [-0.4, -0.2) is 68.8 Å². The van der Waals surface area contributed by atoms with Gasteiger partial charge in [-0.2, -0.15) is 0 Å². The van der Waals surface area contributed by atoms with Crippen molar-refractivity contribution in [1.29, 1.82) is 0 Å². The van der Waals surface area contributed by atoms with E-state index >= 15 is 0 Å². The second kappa shape index (κ2) is 14.4. The molecule has 10 heteroatoms. The molecular formula is C31H36N4O5S. The highest BCUT2D eigenvalue weighted by Crippen LogP contribution is 2.25. The molecule has 2 N–H and O–H groups in total. The summed E-state index contributed by atoms with van der Waals surface area (Å²) in [6, 6.07) is 20.0. The molecule has 1 fully saturated rings. The van der Waals surface area contributed by atoms with Crippen LogP contribution in [0.5, 0.6) is 17.2 Å². The number of hydrogen-bond donors (Lipinski definition) is 2. The number of unbranched alkanes of at least 4 members (excludes halogenated alkanes) is 1. The summed E-state index contributed by atoms with van der Waals surface area (Å²) in [4.78, 5) is 29.8. The molecule has 0 spiro atoms. The van der Waals surface area contributed by atoms with Crippen LogP contribution in [0.25, 0.3) is 0 Å². The van der Waals surface area contributed by atoms with Gasteiger partial charge in [-0.05, 0) is 79.3 Å². The number of carbonyl (C=O) groups is 2. The molecule has 1 saturated heterocycles. The van der Waals surface area contributed by atoms with Gasteiger partial charge in [0.15, 0.2) is 5.11 Å². The maximum atomic E-state index is 13.1. The minimum absolute atomic E-state index is 0.0480. The molecule has 0 radical (unpaired) electrons. The Kier molecular flexibility index (Phi) is 10.4. The fourth-order valence-electron chi connectivity index (χ4n) is 4.41. The number of methoxy groups -OCH3 is 2. The Morgan fingerprint density at radius 2 is 1.46 bits per heavy atom. The number of ether oxygens (including phenoxy) is 3. The maximum absolute atomic E-state index is 13.1. The van der Waals surface area contributed by atoms with Crippen LogP contribution in [0.1, 0.15) is 40.5 Å². The van der Waals surface area contributed by atoms with Crippen molar-refractivity contribution in [2.24, 2.45) is 0 Å². The molecule has 0 unspecified atom stereocenters. The van der Waals surface area contributed by atoms with Gasteiger partial charge in [0.1, 0.15) is 17.2 Å². The third-order valence-electron chi connectivity index (χ3n) is 6.77. The first-order valence-electron chi connectivity index (χ1n) is 13.6. The number of nitrogens with one attached hydrogen (secondary N) is 2. The minimum atomic E-state index is -0.293. The van der Waals surface area contributed by atoms with E-state index in [9.17, 15) is 9.59 Å². The molecule has 0 saturated carbocycles. The van der Waals surface area contributed by atoms with E-state index in [4.69, 9.17) is 26.4 Å². The molecule has 0 bridgehead atoms. The molecule has 41 heavy (non-hydrogen) atoms. The first kappa shape index (κ1) is 29.7. The van der Waals surface area contributed by atoms with Crippen LogP contribution in [0.4, 0.5) is 11.4 Å². The highest BCUT2D eigenvalue weighted by Gasteiger charge is 2.23. The quantitative estimate of drug-likeness (QED) is 0.258. The number of carbonyl (C=O) groups excluding carboxylic acids is 2. The van der Waals surface area contributed by atoms with Gasteiger partial charge in [-0.25, -0.2) is 0 Å². The van der Waals surface area contributed by atoms with Crippen LogP contribution in [0.2, 0.25) is 0 Å². The Morgan fingerprint density at radius 3 is 2.05 bits per heavy atom. The SMILES string of the molecule is CCCCOc1ccc(C(=O)NC(=S)Nc2ccc(N3CCN(C(=O)c4cc(OC)cc(OC)c4)CC3)cc2)cc1. The Balaban J connectivity index is 1.25. The van der Waals surface area contributed by atoms with Gasteiger partial charge in [-0.15, -0.1) is 0 Å². The second-order valence-corrected chi connectivity index (χ2v) is 9.97. The number of piperazine rings is 1. The Labute approximate surface area is 246 Å². The van der Waals surface area contributed by atoms with Crippen molar-refractivity contribution in [1.82, 2.24) is 10.2 Å². The van der Waals surface area contributed by atoms with E-state index in [1.54, 1.807) is 56.7 Å². The fourth-order valence-corrected chi connectivity index (χ4v) is 4.62. The van der Waals surface area contributed by atoms with Crippen LogP contribution in [0.3, 0.4) is 0 Å². The first-order chi connectivity index (χ1) is 19.9. The average molecular weight is 577 g/mol. The lowest BCUT2D eigenvalue weighted by atomic mass is 10.1. The van der Waals surface area contributed by atoms with E-state index in [0.717, 1.165) is 30.0 Å². The van der Waals surface area contributed by atoms with Gasteiger partial charge in [0.2, 0.25) is 0 Å². The van der Waals surface area contributed by atoms with Crippen molar-refractivity contribution in [2.45, 2.75) is 19.8 Å². The smallest absolute Gasteiger partial charge is 0.257 e.